The molecule has 0 bridgehead atoms. The molecule has 0 radical (unpaired) electrons. The summed E-state index contributed by atoms with van der Waals surface area (Å²) in [6, 6.07) is 20.0. The SMILES string of the molecule is COc1ccccc1NC1=C(c2ccccc2OC)C(=O)N(c2ccc(C)cc2C)C1=O. The summed E-state index contributed by atoms with van der Waals surface area (Å²) in [5.41, 5.74) is 3.98. The van der Waals surface area contributed by atoms with Crippen molar-refractivity contribution >= 4 is 28.8 Å². The first-order chi connectivity index (χ1) is 15.5. The molecular formula is C26H24N2O4. The number of rotatable bonds is 6. The largest absolute Gasteiger partial charge is 0.496 e. The minimum Gasteiger partial charge on any atom is -0.496 e. The molecule has 0 saturated carbocycles. The molecule has 1 aliphatic rings. The van der Waals surface area contributed by atoms with Crippen LogP contribution in [0.5, 0.6) is 11.5 Å². The first-order valence-corrected chi connectivity index (χ1v) is 10.2. The molecular weight excluding hydrogens is 404 g/mol. The van der Waals surface area contributed by atoms with Gasteiger partial charge in [0.2, 0.25) is 0 Å². The highest BCUT2D eigenvalue weighted by molar-refractivity contribution is 6.46. The van der Waals surface area contributed by atoms with Crippen molar-refractivity contribution in [2.24, 2.45) is 0 Å². The Morgan fingerprint density at radius 1 is 0.781 bits per heavy atom. The number of hydrogen-bond donors (Lipinski definition) is 1. The molecule has 0 spiro atoms. The zero-order valence-electron chi connectivity index (χ0n) is 18.4. The molecule has 1 heterocycles. The number of aryl methyl sites for hydroxylation is 2. The van der Waals surface area contributed by atoms with Crippen molar-refractivity contribution in [1.29, 1.82) is 0 Å². The number of nitrogens with zero attached hydrogens (tertiary/aromatic N) is 1. The number of anilines is 2. The number of carbonyl (C=O) groups is 2. The fourth-order valence-electron chi connectivity index (χ4n) is 3.90. The Bertz CT molecular complexity index is 1250. The molecule has 0 atom stereocenters. The van der Waals surface area contributed by atoms with E-state index in [2.05, 4.69) is 5.32 Å². The van der Waals surface area contributed by atoms with Crippen LogP contribution < -0.4 is 19.7 Å². The van der Waals surface area contributed by atoms with Gasteiger partial charge in [0.25, 0.3) is 11.8 Å². The van der Waals surface area contributed by atoms with E-state index in [-0.39, 0.29) is 11.3 Å². The summed E-state index contributed by atoms with van der Waals surface area (Å²) in [6.07, 6.45) is 0. The van der Waals surface area contributed by atoms with Crippen LogP contribution in [0.2, 0.25) is 0 Å². The number of benzene rings is 3. The third-order valence-corrected chi connectivity index (χ3v) is 5.42. The van der Waals surface area contributed by atoms with Gasteiger partial charge in [0.1, 0.15) is 17.2 Å². The average Bonchev–Trinajstić information content (AvgIpc) is 3.03. The number of hydrogen-bond acceptors (Lipinski definition) is 5. The number of ether oxygens (including phenoxy) is 2. The van der Waals surface area contributed by atoms with Gasteiger partial charge in [0.05, 0.1) is 31.2 Å². The Hall–Kier alpha value is -4.06. The third kappa shape index (κ3) is 3.60. The normalized spacial score (nSPS) is 13.6. The van der Waals surface area contributed by atoms with Crippen LogP contribution in [0.25, 0.3) is 5.57 Å². The molecule has 0 aliphatic carbocycles. The van der Waals surface area contributed by atoms with Crippen LogP contribution in [0.15, 0.2) is 72.4 Å². The summed E-state index contributed by atoms with van der Waals surface area (Å²) in [4.78, 5) is 28.6. The van der Waals surface area contributed by atoms with Crippen LogP contribution in [-0.4, -0.2) is 26.0 Å². The number of imide groups is 1. The monoisotopic (exact) mass is 428 g/mol. The predicted molar refractivity (Wildman–Crippen MR) is 125 cm³/mol. The summed E-state index contributed by atoms with van der Waals surface area (Å²) in [5, 5.41) is 3.16. The molecule has 3 aromatic carbocycles. The van der Waals surface area contributed by atoms with Gasteiger partial charge >= 0.3 is 0 Å². The third-order valence-electron chi connectivity index (χ3n) is 5.42. The van der Waals surface area contributed by atoms with E-state index < -0.39 is 11.8 Å². The van der Waals surface area contributed by atoms with Gasteiger partial charge in [-0.05, 0) is 43.7 Å². The Morgan fingerprint density at radius 3 is 2.12 bits per heavy atom. The summed E-state index contributed by atoms with van der Waals surface area (Å²) in [7, 11) is 3.09. The second kappa shape index (κ2) is 8.59. The molecule has 3 aromatic rings. The molecule has 0 fully saturated rings. The minimum absolute atomic E-state index is 0.170. The summed E-state index contributed by atoms with van der Waals surface area (Å²) in [6.45, 7) is 3.86. The van der Waals surface area contributed by atoms with Crippen molar-refractivity contribution in [2.45, 2.75) is 13.8 Å². The van der Waals surface area contributed by atoms with Crippen molar-refractivity contribution < 1.29 is 19.1 Å². The average molecular weight is 428 g/mol. The molecule has 4 rings (SSSR count). The van der Waals surface area contributed by atoms with Gasteiger partial charge in [-0.15, -0.1) is 0 Å². The highest BCUT2D eigenvalue weighted by Crippen LogP contribution is 2.39. The van der Waals surface area contributed by atoms with E-state index in [4.69, 9.17) is 9.47 Å². The number of methoxy groups -OCH3 is 2. The summed E-state index contributed by atoms with van der Waals surface area (Å²) >= 11 is 0. The van der Waals surface area contributed by atoms with E-state index >= 15 is 0 Å². The molecule has 1 N–H and O–H groups in total. The molecule has 0 unspecified atom stereocenters. The van der Waals surface area contributed by atoms with E-state index in [1.54, 1.807) is 37.4 Å². The van der Waals surface area contributed by atoms with Crippen molar-refractivity contribution in [3.05, 3.63) is 89.1 Å². The fraction of sp³-hybridized carbons (Fsp3) is 0.154. The highest BCUT2D eigenvalue weighted by atomic mass is 16.5. The molecule has 0 saturated heterocycles. The number of para-hydroxylation sites is 3. The van der Waals surface area contributed by atoms with E-state index in [9.17, 15) is 9.59 Å². The zero-order valence-corrected chi connectivity index (χ0v) is 18.4. The minimum atomic E-state index is -0.436. The Labute approximate surface area is 187 Å². The predicted octanol–water partition coefficient (Wildman–Crippen LogP) is 4.72. The van der Waals surface area contributed by atoms with Crippen LogP contribution in [-0.2, 0) is 9.59 Å². The molecule has 162 valence electrons. The Balaban J connectivity index is 1.90. The van der Waals surface area contributed by atoms with E-state index in [1.807, 2.05) is 50.2 Å². The van der Waals surface area contributed by atoms with Crippen LogP contribution in [0.4, 0.5) is 11.4 Å². The molecule has 1 aliphatic heterocycles. The maximum Gasteiger partial charge on any atom is 0.282 e. The highest BCUT2D eigenvalue weighted by Gasteiger charge is 2.42. The Kier molecular flexibility index (Phi) is 5.69. The van der Waals surface area contributed by atoms with Crippen LogP contribution in [0.1, 0.15) is 16.7 Å². The quantitative estimate of drug-likeness (QED) is 0.576. The van der Waals surface area contributed by atoms with Crippen molar-refractivity contribution in [1.82, 2.24) is 0 Å². The van der Waals surface area contributed by atoms with Gasteiger partial charge in [-0.3, -0.25) is 9.59 Å². The van der Waals surface area contributed by atoms with Crippen LogP contribution >= 0.6 is 0 Å². The number of amides is 2. The van der Waals surface area contributed by atoms with Gasteiger partial charge in [-0.2, -0.15) is 0 Å². The number of nitrogens with one attached hydrogen (secondary N) is 1. The molecule has 6 nitrogen and oxygen atoms in total. The van der Waals surface area contributed by atoms with Crippen molar-refractivity contribution in [3.8, 4) is 11.5 Å². The second-order valence-electron chi connectivity index (χ2n) is 7.51. The second-order valence-corrected chi connectivity index (χ2v) is 7.51. The van der Waals surface area contributed by atoms with Crippen molar-refractivity contribution in [2.75, 3.05) is 24.4 Å². The summed E-state index contributed by atoms with van der Waals surface area (Å²) < 4.78 is 10.9. The standard InChI is InChI=1S/C26H24N2O4/c1-16-13-14-20(17(2)15-16)28-25(29)23(18-9-5-7-11-21(18)31-3)24(26(28)30)27-19-10-6-8-12-22(19)32-4/h5-15,27H,1-4H3. The smallest absolute Gasteiger partial charge is 0.282 e. The van der Waals surface area contributed by atoms with Gasteiger partial charge in [0.15, 0.2) is 0 Å². The lowest BCUT2D eigenvalue weighted by molar-refractivity contribution is -0.120. The lowest BCUT2D eigenvalue weighted by Gasteiger charge is -2.18. The van der Waals surface area contributed by atoms with Crippen LogP contribution in [0.3, 0.4) is 0 Å². The topological polar surface area (TPSA) is 67.9 Å². The fourth-order valence-corrected chi connectivity index (χ4v) is 3.90. The zero-order chi connectivity index (χ0) is 22.8. The molecule has 32 heavy (non-hydrogen) atoms. The summed E-state index contributed by atoms with van der Waals surface area (Å²) in [5.74, 6) is 0.215. The molecule has 2 amide bonds. The van der Waals surface area contributed by atoms with E-state index in [0.717, 1.165) is 11.1 Å². The number of carbonyl (C=O) groups excluding carboxylic acids is 2. The van der Waals surface area contributed by atoms with Crippen LogP contribution in [0, 0.1) is 13.8 Å². The van der Waals surface area contributed by atoms with Crippen molar-refractivity contribution in [3.63, 3.8) is 0 Å². The Morgan fingerprint density at radius 2 is 1.44 bits per heavy atom. The van der Waals surface area contributed by atoms with E-state index in [1.165, 1.54) is 12.0 Å². The van der Waals surface area contributed by atoms with Gasteiger partial charge in [-0.1, -0.05) is 48.0 Å². The lowest BCUT2D eigenvalue weighted by atomic mass is 10.0. The lowest BCUT2D eigenvalue weighted by Crippen LogP contribution is -2.33. The first-order valence-electron chi connectivity index (χ1n) is 10.2. The first kappa shape index (κ1) is 21.2. The maximum absolute atomic E-state index is 13.7. The molecule has 6 heteroatoms. The van der Waals surface area contributed by atoms with Gasteiger partial charge < -0.3 is 14.8 Å². The maximum atomic E-state index is 13.7. The van der Waals surface area contributed by atoms with Gasteiger partial charge in [0, 0.05) is 5.56 Å². The van der Waals surface area contributed by atoms with E-state index in [0.29, 0.717) is 28.4 Å². The van der Waals surface area contributed by atoms with Gasteiger partial charge in [-0.25, -0.2) is 4.90 Å². The molecule has 0 aromatic heterocycles.